The lowest BCUT2D eigenvalue weighted by molar-refractivity contribution is 0.0156. The molecule has 0 aliphatic carbocycles. The van der Waals surface area contributed by atoms with Gasteiger partial charge in [-0.25, -0.2) is 4.98 Å². The van der Waals surface area contributed by atoms with E-state index in [1.165, 1.54) is 0 Å². The Morgan fingerprint density at radius 1 is 1.41 bits per heavy atom. The molecular formula is C12H18N2O2S. The second-order valence-electron chi connectivity index (χ2n) is 4.84. The normalized spacial score (nSPS) is 12.8. The molecule has 94 valence electrons. The number of thiazole rings is 1. The summed E-state index contributed by atoms with van der Waals surface area (Å²) in [7, 11) is 0. The molecule has 5 heteroatoms. The summed E-state index contributed by atoms with van der Waals surface area (Å²) in [5.41, 5.74) is 0.443. The maximum Gasteiger partial charge on any atom is 0.193 e. The van der Waals surface area contributed by atoms with Crippen LogP contribution in [0.4, 0.5) is 0 Å². The first-order valence-corrected chi connectivity index (χ1v) is 6.62. The molecule has 0 spiro atoms. The number of fused-ring (bicyclic) bond motifs is 1. The van der Waals surface area contributed by atoms with Crippen LogP contribution in [0.25, 0.3) is 4.96 Å². The van der Waals surface area contributed by atoms with E-state index >= 15 is 0 Å². The molecule has 0 radical (unpaired) electrons. The van der Waals surface area contributed by atoms with Gasteiger partial charge in [0, 0.05) is 29.6 Å². The molecule has 0 aromatic carbocycles. The lowest BCUT2D eigenvalue weighted by Crippen LogP contribution is -2.37. The average molecular weight is 254 g/mol. The van der Waals surface area contributed by atoms with Crippen molar-refractivity contribution in [2.45, 2.75) is 20.3 Å². The molecule has 17 heavy (non-hydrogen) atoms. The van der Waals surface area contributed by atoms with Crippen LogP contribution in [0.1, 0.15) is 19.5 Å². The van der Waals surface area contributed by atoms with E-state index in [9.17, 15) is 10.2 Å². The number of nitrogens with zero attached hydrogens (tertiary/aromatic N) is 2. The van der Waals surface area contributed by atoms with E-state index in [2.05, 4.69) is 4.98 Å². The third-order valence-corrected chi connectivity index (χ3v) is 4.30. The van der Waals surface area contributed by atoms with Gasteiger partial charge in [-0.15, -0.1) is 11.3 Å². The van der Waals surface area contributed by atoms with E-state index < -0.39 is 5.41 Å². The summed E-state index contributed by atoms with van der Waals surface area (Å²) in [4.78, 5) is 5.45. The minimum atomic E-state index is -0.482. The molecule has 0 atom stereocenters. The van der Waals surface area contributed by atoms with Gasteiger partial charge in [0.25, 0.3) is 0 Å². The first kappa shape index (κ1) is 12.5. The van der Waals surface area contributed by atoms with Crippen LogP contribution < -0.4 is 0 Å². The van der Waals surface area contributed by atoms with Crippen LogP contribution >= 0.6 is 11.3 Å². The predicted molar refractivity (Wildman–Crippen MR) is 68.2 cm³/mol. The van der Waals surface area contributed by atoms with Crippen molar-refractivity contribution in [2.75, 3.05) is 13.2 Å². The van der Waals surface area contributed by atoms with Gasteiger partial charge < -0.3 is 10.2 Å². The molecule has 0 aliphatic heterocycles. The maximum absolute atomic E-state index is 9.54. The second kappa shape index (κ2) is 4.76. The summed E-state index contributed by atoms with van der Waals surface area (Å²) in [6.45, 7) is 3.99. The Hall–Kier alpha value is -0.910. The minimum absolute atomic E-state index is 0.0215. The Bertz CT molecular complexity index is 457. The monoisotopic (exact) mass is 254 g/mol. The van der Waals surface area contributed by atoms with Crippen molar-refractivity contribution in [2.24, 2.45) is 11.3 Å². The van der Waals surface area contributed by atoms with E-state index in [1.807, 2.05) is 36.0 Å². The van der Waals surface area contributed by atoms with Crippen LogP contribution in [0.15, 0.2) is 17.8 Å². The standard InChI is InChI=1S/C12H18N2O2S/c1-9(2)12(7-15,8-16)5-10-6-14-3-4-17-11(14)13-10/h3-4,6,9,15-16H,5,7-8H2,1-2H3. The highest BCUT2D eigenvalue weighted by atomic mass is 32.1. The van der Waals surface area contributed by atoms with Crippen LogP contribution in [0.3, 0.4) is 0 Å². The zero-order valence-electron chi connectivity index (χ0n) is 10.1. The Kier molecular flexibility index (Phi) is 3.51. The number of rotatable bonds is 5. The second-order valence-corrected chi connectivity index (χ2v) is 5.71. The number of aromatic nitrogens is 2. The molecule has 0 saturated carbocycles. The molecule has 0 saturated heterocycles. The van der Waals surface area contributed by atoms with E-state index in [0.717, 1.165) is 10.7 Å². The molecule has 2 aromatic heterocycles. The van der Waals surface area contributed by atoms with Crippen molar-refractivity contribution in [3.63, 3.8) is 0 Å². The van der Waals surface area contributed by atoms with Gasteiger partial charge in [-0.05, 0) is 5.92 Å². The smallest absolute Gasteiger partial charge is 0.193 e. The van der Waals surface area contributed by atoms with Crippen molar-refractivity contribution in [1.82, 2.24) is 9.38 Å². The van der Waals surface area contributed by atoms with Crippen molar-refractivity contribution >= 4 is 16.3 Å². The van der Waals surface area contributed by atoms with Crippen LogP contribution in [0.5, 0.6) is 0 Å². The van der Waals surface area contributed by atoms with Crippen LogP contribution in [-0.2, 0) is 6.42 Å². The summed E-state index contributed by atoms with van der Waals surface area (Å²) >= 11 is 1.58. The van der Waals surface area contributed by atoms with Crippen molar-refractivity contribution in [1.29, 1.82) is 0 Å². The molecule has 4 nitrogen and oxygen atoms in total. The fraction of sp³-hybridized carbons (Fsp3) is 0.583. The van der Waals surface area contributed by atoms with Gasteiger partial charge in [0.15, 0.2) is 4.96 Å². The maximum atomic E-state index is 9.54. The van der Waals surface area contributed by atoms with E-state index in [1.54, 1.807) is 11.3 Å². The minimum Gasteiger partial charge on any atom is -0.396 e. The summed E-state index contributed by atoms with van der Waals surface area (Å²) in [6.07, 6.45) is 4.53. The number of imidazole rings is 1. The van der Waals surface area contributed by atoms with Gasteiger partial charge in [0.2, 0.25) is 0 Å². The Morgan fingerprint density at radius 3 is 2.65 bits per heavy atom. The number of aliphatic hydroxyl groups excluding tert-OH is 2. The Morgan fingerprint density at radius 2 is 2.12 bits per heavy atom. The van der Waals surface area contributed by atoms with E-state index in [0.29, 0.717) is 6.42 Å². The molecule has 2 heterocycles. The van der Waals surface area contributed by atoms with Gasteiger partial charge in [-0.2, -0.15) is 0 Å². The predicted octanol–water partition coefficient (Wildman–Crippen LogP) is 1.57. The fourth-order valence-corrected chi connectivity index (χ4v) is 2.67. The highest BCUT2D eigenvalue weighted by molar-refractivity contribution is 7.15. The fourth-order valence-electron chi connectivity index (χ4n) is 1.95. The van der Waals surface area contributed by atoms with Gasteiger partial charge >= 0.3 is 0 Å². The van der Waals surface area contributed by atoms with Gasteiger partial charge in [0.1, 0.15) is 0 Å². The third-order valence-electron chi connectivity index (χ3n) is 3.53. The molecule has 2 N–H and O–H groups in total. The first-order chi connectivity index (χ1) is 8.11. The molecule has 0 aliphatic rings. The summed E-state index contributed by atoms with van der Waals surface area (Å²) in [6, 6.07) is 0. The lowest BCUT2D eigenvalue weighted by atomic mass is 9.75. The van der Waals surface area contributed by atoms with Crippen molar-refractivity contribution < 1.29 is 10.2 Å². The zero-order valence-corrected chi connectivity index (χ0v) is 10.9. The van der Waals surface area contributed by atoms with Crippen LogP contribution in [-0.4, -0.2) is 32.8 Å². The van der Waals surface area contributed by atoms with Crippen molar-refractivity contribution in [3.8, 4) is 0 Å². The van der Waals surface area contributed by atoms with Crippen LogP contribution in [0.2, 0.25) is 0 Å². The summed E-state index contributed by atoms with van der Waals surface area (Å²) in [5, 5.41) is 21.1. The number of hydrogen-bond acceptors (Lipinski definition) is 4. The Balaban J connectivity index is 2.26. The van der Waals surface area contributed by atoms with Crippen molar-refractivity contribution in [3.05, 3.63) is 23.5 Å². The summed E-state index contributed by atoms with van der Waals surface area (Å²) < 4.78 is 1.97. The SMILES string of the molecule is CC(C)C(CO)(CO)Cc1cn2ccsc2n1. The van der Waals surface area contributed by atoms with Gasteiger partial charge in [-0.1, -0.05) is 13.8 Å². The topological polar surface area (TPSA) is 57.8 Å². The average Bonchev–Trinajstić information content (AvgIpc) is 2.85. The quantitative estimate of drug-likeness (QED) is 0.851. The Labute approximate surface area is 105 Å². The highest BCUT2D eigenvalue weighted by Gasteiger charge is 2.33. The largest absolute Gasteiger partial charge is 0.396 e. The molecule has 2 rings (SSSR count). The zero-order chi connectivity index (χ0) is 12.5. The molecular weight excluding hydrogens is 236 g/mol. The van der Waals surface area contributed by atoms with E-state index in [4.69, 9.17) is 0 Å². The van der Waals surface area contributed by atoms with Gasteiger partial charge in [0.05, 0.1) is 18.9 Å². The molecule has 0 bridgehead atoms. The number of aliphatic hydroxyl groups is 2. The van der Waals surface area contributed by atoms with Crippen LogP contribution in [0, 0.1) is 11.3 Å². The third kappa shape index (κ3) is 2.22. The first-order valence-electron chi connectivity index (χ1n) is 5.74. The lowest BCUT2D eigenvalue weighted by Gasteiger charge is -2.33. The molecule has 0 unspecified atom stereocenters. The van der Waals surface area contributed by atoms with Gasteiger partial charge in [-0.3, -0.25) is 4.40 Å². The van der Waals surface area contributed by atoms with E-state index in [-0.39, 0.29) is 19.1 Å². The number of hydrogen-bond donors (Lipinski definition) is 2. The molecule has 0 amide bonds. The highest BCUT2D eigenvalue weighted by Crippen LogP contribution is 2.31. The molecule has 2 aromatic rings. The summed E-state index contributed by atoms with van der Waals surface area (Å²) in [5.74, 6) is 0.206. The molecule has 0 fully saturated rings.